The summed E-state index contributed by atoms with van der Waals surface area (Å²) in [7, 11) is 4.30. The van der Waals surface area contributed by atoms with E-state index in [1.54, 1.807) is 6.07 Å². The van der Waals surface area contributed by atoms with Crippen LogP contribution in [0.5, 0.6) is 5.75 Å². The summed E-state index contributed by atoms with van der Waals surface area (Å²) in [5.41, 5.74) is 2.77. The molecule has 1 aromatic carbocycles. The van der Waals surface area contributed by atoms with Crippen molar-refractivity contribution in [3.8, 4) is 5.75 Å². The van der Waals surface area contributed by atoms with Crippen LogP contribution < -0.4 is 4.90 Å². The normalized spacial score (nSPS) is 32.9. The van der Waals surface area contributed by atoms with Gasteiger partial charge in [0.05, 0.1) is 6.17 Å². The fourth-order valence-corrected chi connectivity index (χ4v) is 3.57. The molecule has 3 heteroatoms. The van der Waals surface area contributed by atoms with Gasteiger partial charge in [0.2, 0.25) is 0 Å². The first kappa shape index (κ1) is 9.97. The molecule has 0 aromatic heterocycles. The highest BCUT2D eigenvalue weighted by atomic mass is 16.3. The number of fused-ring (bicyclic) bond motifs is 3. The SMILES string of the molecule is CN1CC[C@]2(C)c3ccc(O)cc3N(C)[C@H]12. The largest absolute Gasteiger partial charge is 0.508 e. The van der Waals surface area contributed by atoms with Gasteiger partial charge in [-0.05, 0) is 25.1 Å². The average Bonchev–Trinajstić information content (AvgIpc) is 2.64. The Balaban J connectivity index is 2.19. The third kappa shape index (κ3) is 1.02. The highest BCUT2D eigenvalue weighted by molar-refractivity contribution is 5.66. The molecule has 1 N–H and O–H groups in total. The number of aromatic hydroxyl groups is 1. The van der Waals surface area contributed by atoms with E-state index in [2.05, 4.69) is 36.9 Å². The van der Waals surface area contributed by atoms with E-state index in [1.165, 1.54) is 17.7 Å². The molecule has 2 heterocycles. The molecule has 2 aliphatic rings. The first-order valence-corrected chi connectivity index (χ1v) is 5.80. The summed E-state index contributed by atoms with van der Waals surface area (Å²) in [6, 6.07) is 5.77. The van der Waals surface area contributed by atoms with Gasteiger partial charge in [-0.25, -0.2) is 0 Å². The summed E-state index contributed by atoms with van der Waals surface area (Å²) in [6.07, 6.45) is 1.63. The monoisotopic (exact) mass is 218 g/mol. The van der Waals surface area contributed by atoms with Crippen LogP contribution >= 0.6 is 0 Å². The number of benzene rings is 1. The van der Waals surface area contributed by atoms with Gasteiger partial charge in [0, 0.05) is 30.8 Å². The second-order valence-corrected chi connectivity index (χ2v) is 5.33. The molecule has 16 heavy (non-hydrogen) atoms. The minimum absolute atomic E-state index is 0.215. The number of phenols is 1. The van der Waals surface area contributed by atoms with Crippen molar-refractivity contribution in [2.45, 2.75) is 24.9 Å². The van der Waals surface area contributed by atoms with Crippen molar-refractivity contribution in [1.82, 2.24) is 4.90 Å². The Bertz CT molecular complexity index is 446. The molecule has 0 saturated carbocycles. The standard InChI is InChI=1S/C13H18N2O/c1-13-6-7-14(2)12(13)15(3)11-8-9(16)4-5-10(11)13/h4-5,8,12,16H,6-7H2,1-3H3/t12-,13+/m0/s1. The molecule has 2 aliphatic heterocycles. The molecule has 0 radical (unpaired) electrons. The summed E-state index contributed by atoms with van der Waals surface area (Å²) < 4.78 is 0. The average molecular weight is 218 g/mol. The van der Waals surface area contributed by atoms with E-state index in [-0.39, 0.29) is 5.41 Å². The van der Waals surface area contributed by atoms with Crippen molar-refractivity contribution in [2.24, 2.45) is 0 Å². The zero-order valence-corrected chi connectivity index (χ0v) is 10.1. The molecular weight excluding hydrogens is 200 g/mol. The van der Waals surface area contributed by atoms with Crippen LogP contribution in [-0.4, -0.2) is 36.8 Å². The molecule has 0 unspecified atom stereocenters. The van der Waals surface area contributed by atoms with E-state index in [1.807, 2.05) is 6.07 Å². The summed E-state index contributed by atoms with van der Waals surface area (Å²) in [5, 5.41) is 9.59. The molecule has 1 saturated heterocycles. The Morgan fingerprint density at radius 3 is 2.88 bits per heavy atom. The summed E-state index contributed by atoms with van der Waals surface area (Å²) in [5.74, 6) is 0.358. The van der Waals surface area contributed by atoms with Crippen molar-refractivity contribution >= 4 is 5.69 Å². The Labute approximate surface area is 96.3 Å². The number of hydrogen-bond donors (Lipinski definition) is 1. The Morgan fingerprint density at radius 2 is 2.12 bits per heavy atom. The van der Waals surface area contributed by atoms with Crippen LogP contribution in [0.15, 0.2) is 18.2 Å². The van der Waals surface area contributed by atoms with Crippen molar-refractivity contribution in [2.75, 3.05) is 25.5 Å². The number of anilines is 1. The van der Waals surface area contributed by atoms with Gasteiger partial charge >= 0.3 is 0 Å². The number of hydrogen-bond acceptors (Lipinski definition) is 3. The number of rotatable bonds is 0. The van der Waals surface area contributed by atoms with Crippen LogP contribution in [-0.2, 0) is 5.41 Å². The fraction of sp³-hybridized carbons (Fsp3) is 0.538. The maximum absolute atomic E-state index is 9.59. The quantitative estimate of drug-likeness (QED) is 0.719. The topological polar surface area (TPSA) is 26.7 Å². The first-order valence-electron chi connectivity index (χ1n) is 5.80. The Morgan fingerprint density at radius 1 is 1.38 bits per heavy atom. The predicted octanol–water partition coefficient (Wildman–Crippen LogP) is 1.76. The molecule has 3 rings (SSSR count). The zero-order chi connectivity index (χ0) is 11.5. The number of likely N-dealkylation sites (tertiary alicyclic amines) is 1. The molecule has 0 aliphatic carbocycles. The number of nitrogens with zero attached hydrogens (tertiary/aromatic N) is 2. The second kappa shape index (κ2) is 2.92. The van der Waals surface area contributed by atoms with Crippen molar-refractivity contribution in [3.05, 3.63) is 23.8 Å². The summed E-state index contributed by atoms with van der Waals surface area (Å²) >= 11 is 0. The highest BCUT2D eigenvalue weighted by Gasteiger charge is 2.52. The third-order valence-electron chi connectivity index (χ3n) is 4.31. The van der Waals surface area contributed by atoms with Crippen molar-refractivity contribution in [3.63, 3.8) is 0 Å². The molecule has 0 spiro atoms. The van der Waals surface area contributed by atoms with Crippen molar-refractivity contribution < 1.29 is 5.11 Å². The van der Waals surface area contributed by atoms with Crippen molar-refractivity contribution in [1.29, 1.82) is 0 Å². The first-order chi connectivity index (χ1) is 7.54. The number of phenolic OH excluding ortho intramolecular Hbond substituents is 1. The highest BCUT2D eigenvalue weighted by Crippen LogP contribution is 2.51. The minimum atomic E-state index is 0.215. The minimum Gasteiger partial charge on any atom is -0.508 e. The van der Waals surface area contributed by atoms with Gasteiger partial charge in [-0.3, -0.25) is 4.90 Å². The lowest BCUT2D eigenvalue weighted by Crippen LogP contribution is -2.45. The van der Waals surface area contributed by atoms with Gasteiger partial charge in [-0.15, -0.1) is 0 Å². The molecule has 3 nitrogen and oxygen atoms in total. The fourth-order valence-electron chi connectivity index (χ4n) is 3.57. The Kier molecular flexibility index (Phi) is 1.82. The second-order valence-electron chi connectivity index (χ2n) is 5.33. The van der Waals surface area contributed by atoms with Crippen LogP contribution in [0.4, 0.5) is 5.69 Å². The van der Waals surface area contributed by atoms with Gasteiger partial charge in [-0.1, -0.05) is 13.0 Å². The van der Waals surface area contributed by atoms with E-state index in [0.29, 0.717) is 11.9 Å². The van der Waals surface area contributed by atoms with Gasteiger partial charge < -0.3 is 10.0 Å². The zero-order valence-electron chi connectivity index (χ0n) is 10.1. The van der Waals surface area contributed by atoms with Gasteiger partial charge in [0.25, 0.3) is 0 Å². The smallest absolute Gasteiger partial charge is 0.117 e. The predicted molar refractivity (Wildman–Crippen MR) is 64.9 cm³/mol. The lowest BCUT2D eigenvalue weighted by atomic mass is 9.81. The molecule has 0 bridgehead atoms. The lowest BCUT2D eigenvalue weighted by Gasteiger charge is -2.32. The number of likely N-dealkylation sites (N-methyl/N-ethyl adjacent to an activating group) is 2. The van der Waals surface area contributed by atoms with E-state index >= 15 is 0 Å². The molecule has 2 atom stereocenters. The van der Waals surface area contributed by atoms with Gasteiger partial charge in [-0.2, -0.15) is 0 Å². The molecule has 0 amide bonds. The van der Waals surface area contributed by atoms with E-state index in [9.17, 15) is 5.11 Å². The molecule has 1 aromatic rings. The molecular formula is C13H18N2O. The van der Waals surface area contributed by atoms with E-state index in [4.69, 9.17) is 0 Å². The van der Waals surface area contributed by atoms with Crippen LogP contribution in [0.3, 0.4) is 0 Å². The maximum atomic E-state index is 9.59. The maximum Gasteiger partial charge on any atom is 0.117 e. The van der Waals surface area contributed by atoms with Crippen LogP contribution in [0.25, 0.3) is 0 Å². The van der Waals surface area contributed by atoms with Crippen LogP contribution in [0.2, 0.25) is 0 Å². The van der Waals surface area contributed by atoms with Gasteiger partial charge in [0.15, 0.2) is 0 Å². The van der Waals surface area contributed by atoms with E-state index < -0.39 is 0 Å². The Hall–Kier alpha value is -1.22. The summed E-state index contributed by atoms with van der Waals surface area (Å²) in [6.45, 7) is 3.48. The third-order valence-corrected chi connectivity index (χ3v) is 4.31. The van der Waals surface area contributed by atoms with Crippen LogP contribution in [0, 0.1) is 0 Å². The molecule has 86 valence electrons. The lowest BCUT2D eigenvalue weighted by molar-refractivity contribution is 0.268. The van der Waals surface area contributed by atoms with Gasteiger partial charge in [0.1, 0.15) is 5.75 Å². The summed E-state index contributed by atoms with van der Waals surface area (Å²) in [4.78, 5) is 4.69. The van der Waals surface area contributed by atoms with Crippen LogP contribution in [0.1, 0.15) is 18.9 Å². The molecule has 1 fully saturated rings. The van der Waals surface area contributed by atoms with E-state index in [0.717, 1.165) is 6.54 Å².